The molecule has 1 amide bonds. The summed E-state index contributed by atoms with van der Waals surface area (Å²) >= 11 is 1.66. The Labute approximate surface area is 138 Å². The predicted molar refractivity (Wildman–Crippen MR) is 88.8 cm³/mol. The Morgan fingerprint density at radius 2 is 2.04 bits per heavy atom. The molecule has 0 spiro atoms. The second-order valence-corrected chi connectivity index (χ2v) is 6.29. The van der Waals surface area contributed by atoms with Gasteiger partial charge in [0.2, 0.25) is 11.7 Å². The average molecular weight is 327 g/mol. The molecule has 0 aliphatic carbocycles. The Kier molecular flexibility index (Phi) is 4.47. The molecule has 1 aromatic carbocycles. The normalized spacial score (nSPS) is 10.7. The minimum Gasteiger partial charge on any atom is -0.339 e. The van der Waals surface area contributed by atoms with Gasteiger partial charge in [-0.2, -0.15) is 4.80 Å². The number of aryl methyl sites for hydroxylation is 1. The molecule has 0 saturated heterocycles. The summed E-state index contributed by atoms with van der Waals surface area (Å²) in [6.45, 7) is 2.73. The Morgan fingerprint density at radius 3 is 2.74 bits per heavy atom. The number of carbonyl (C=O) groups excluding carboxylic acids is 1. The lowest BCUT2D eigenvalue weighted by atomic mass is 10.2. The first-order valence-electron chi connectivity index (χ1n) is 7.23. The zero-order chi connectivity index (χ0) is 16.2. The van der Waals surface area contributed by atoms with Crippen LogP contribution < -0.4 is 0 Å². The van der Waals surface area contributed by atoms with Crippen LogP contribution in [0.1, 0.15) is 10.4 Å². The molecule has 3 rings (SSSR count). The molecule has 0 unspecified atom stereocenters. The molecule has 0 bridgehead atoms. The fourth-order valence-corrected chi connectivity index (χ4v) is 3.08. The van der Waals surface area contributed by atoms with E-state index < -0.39 is 0 Å². The smallest absolute Gasteiger partial charge is 0.246 e. The maximum Gasteiger partial charge on any atom is 0.246 e. The van der Waals surface area contributed by atoms with Gasteiger partial charge >= 0.3 is 0 Å². The summed E-state index contributed by atoms with van der Waals surface area (Å²) in [5.41, 5.74) is 2.09. The van der Waals surface area contributed by atoms with Gasteiger partial charge in [-0.25, -0.2) is 0 Å². The highest BCUT2D eigenvalue weighted by atomic mass is 32.1. The van der Waals surface area contributed by atoms with Gasteiger partial charge in [0.25, 0.3) is 0 Å². The van der Waals surface area contributed by atoms with Crippen molar-refractivity contribution in [2.24, 2.45) is 0 Å². The lowest BCUT2D eigenvalue weighted by molar-refractivity contribution is -0.131. The van der Waals surface area contributed by atoms with Crippen LogP contribution in [0, 0.1) is 6.92 Å². The SMILES string of the molecule is Cc1ccsc1CN(C)C(=O)Cn1nnc(-c2ccccc2)n1. The van der Waals surface area contributed by atoms with Crippen LogP contribution in [-0.2, 0) is 17.9 Å². The molecule has 0 aliphatic heterocycles. The number of amides is 1. The summed E-state index contributed by atoms with van der Waals surface area (Å²) in [6, 6.07) is 11.6. The van der Waals surface area contributed by atoms with Crippen molar-refractivity contribution >= 4 is 17.2 Å². The van der Waals surface area contributed by atoms with Gasteiger partial charge < -0.3 is 4.90 Å². The number of benzene rings is 1. The Hall–Kier alpha value is -2.54. The van der Waals surface area contributed by atoms with E-state index in [2.05, 4.69) is 28.4 Å². The predicted octanol–water partition coefficient (Wildman–Crippen LogP) is 2.37. The van der Waals surface area contributed by atoms with Crippen LogP contribution in [0.5, 0.6) is 0 Å². The fraction of sp³-hybridized carbons (Fsp3) is 0.250. The van der Waals surface area contributed by atoms with Crippen LogP contribution in [0.15, 0.2) is 41.8 Å². The Bertz CT molecular complexity index is 796. The Morgan fingerprint density at radius 1 is 1.26 bits per heavy atom. The molecule has 0 N–H and O–H groups in total. The van der Waals surface area contributed by atoms with E-state index in [1.165, 1.54) is 15.2 Å². The number of hydrogen-bond donors (Lipinski definition) is 0. The quantitative estimate of drug-likeness (QED) is 0.722. The van der Waals surface area contributed by atoms with Crippen LogP contribution in [0.3, 0.4) is 0 Å². The molecule has 0 radical (unpaired) electrons. The molecular formula is C16H17N5OS. The van der Waals surface area contributed by atoms with E-state index >= 15 is 0 Å². The number of aromatic nitrogens is 4. The zero-order valence-electron chi connectivity index (χ0n) is 13.0. The number of nitrogens with zero attached hydrogens (tertiary/aromatic N) is 5. The van der Waals surface area contributed by atoms with E-state index in [1.807, 2.05) is 35.7 Å². The van der Waals surface area contributed by atoms with Crippen molar-refractivity contribution in [3.05, 3.63) is 52.2 Å². The number of rotatable bonds is 5. The maximum atomic E-state index is 12.3. The number of hydrogen-bond acceptors (Lipinski definition) is 5. The maximum absolute atomic E-state index is 12.3. The van der Waals surface area contributed by atoms with E-state index in [0.29, 0.717) is 12.4 Å². The first-order valence-corrected chi connectivity index (χ1v) is 8.11. The molecule has 0 saturated carbocycles. The third-order valence-electron chi connectivity index (χ3n) is 3.54. The summed E-state index contributed by atoms with van der Waals surface area (Å²) in [5.74, 6) is 0.477. The second-order valence-electron chi connectivity index (χ2n) is 5.29. The highest BCUT2D eigenvalue weighted by molar-refractivity contribution is 7.10. The van der Waals surface area contributed by atoms with E-state index in [4.69, 9.17) is 0 Å². The van der Waals surface area contributed by atoms with E-state index in [-0.39, 0.29) is 12.5 Å². The molecule has 2 aromatic heterocycles. The van der Waals surface area contributed by atoms with E-state index in [0.717, 1.165) is 5.56 Å². The lowest BCUT2D eigenvalue weighted by Gasteiger charge is -2.16. The molecular weight excluding hydrogens is 310 g/mol. The minimum atomic E-state index is -0.0465. The first kappa shape index (κ1) is 15.4. The second kappa shape index (κ2) is 6.70. The van der Waals surface area contributed by atoms with Crippen LogP contribution >= 0.6 is 11.3 Å². The molecule has 6 nitrogen and oxygen atoms in total. The van der Waals surface area contributed by atoms with Crippen molar-refractivity contribution in [3.8, 4) is 11.4 Å². The van der Waals surface area contributed by atoms with Gasteiger partial charge in [-0.1, -0.05) is 30.3 Å². The fourth-order valence-electron chi connectivity index (χ4n) is 2.12. The molecule has 7 heteroatoms. The topological polar surface area (TPSA) is 63.9 Å². The minimum absolute atomic E-state index is 0.0465. The van der Waals surface area contributed by atoms with Crippen LogP contribution in [0.25, 0.3) is 11.4 Å². The van der Waals surface area contributed by atoms with Crippen molar-refractivity contribution in [1.82, 2.24) is 25.1 Å². The monoisotopic (exact) mass is 327 g/mol. The highest BCUT2D eigenvalue weighted by Gasteiger charge is 2.14. The van der Waals surface area contributed by atoms with Crippen LogP contribution in [0.2, 0.25) is 0 Å². The van der Waals surface area contributed by atoms with Crippen molar-refractivity contribution in [1.29, 1.82) is 0 Å². The van der Waals surface area contributed by atoms with Crippen LogP contribution in [-0.4, -0.2) is 38.1 Å². The third kappa shape index (κ3) is 3.62. The number of likely N-dealkylation sites (N-methyl/N-ethyl adjacent to an activating group) is 1. The van der Waals surface area contributed by atoms with Gasteiger partial charge in [0.05, 0.1) is 6.54 Å². The standard InChI is InChI=1S/C16H17N5OS/c1-12-8-9-23-14(12)10-20(2)15(22)11-21-18-16(17-19-21)13-6-4-3-5-7-13/h3-9H,10-11H2,1-2H3. The van der Waals surface area contributed by atoms with E-state index in [1.54, 1.807) is 23.3 Å². The van der Waals surface area contributed by atoms with Gasteiger partial charge in [-0.05, 0) is 29.1 Å². The van der Waals surface area contributed by atoms with Gasteiger partial charge in [-0.15, -0.1) is 21.5 Å². The van der Waals surface area contributed by atoms with Crippen LogP contribution in [0.4, 0.5) is 0 Å². The Balaban J connectivity index is 1.64. The number of thiophene rings is 1. The van der Waals surface area contributed by atoms with E-state index in [9.17, 15) is 4.79 Å². The summed E-state index contributed by atoms with van der Waals surface area (Å²) in [6.07, 6.45) is 0. The summed E-state index contributed by atoms with van der Waals surface area (Å²) in [7, 11) is 1.79. The molecule has 2 heterocycles. The zero-order valence-corrected chi connectivity index (χ0v) is 13.8. The molecule has 3 aromatic rings. The van der Waals surface area contributed by atoms with Gasteiger partial charge in [0.15, 0.2) is 0 Å². The molecule has 118 valence electrons. The summed E-state index contributed by atoms with van der Waals surface area (Å²) < 4.78 is 0. The number of carbonyl (C=O) groups is 1. The molecule has 0 fully saturated rings. The van der Waals surface area contributed by atoms with Gasteiger partial charge in [0.1, 0.15) is 6.54 Å². The molecule has 0 atom stereocenters. The summed E-state index contributed by atoms with van der Waals surface area (Å²) in [4.78, 5) is 16.5. The summed E-state index contributed by atoms with van der Waals surface area (Å²) in [5, 5.41) is 14.3. The van der Waals surface area contributed by atoms with Gasteiger partial charge in [0, 0.05) is 17.5 Å². The lowest BCUT2D eigenvalue weighted by Crippen LogP contribution is -2.30. The molecule has 0 aliphatic rings. The largest absolute Gasteiger partial charge is 0.339 e. The van der Waals surface area contributed by atoms with Crippen molar-refractivity contribution < 1.29 is 4.79 Å². The molecule has 23 heavy (non-hydrogen) atoms. The van der Waals surface area contributed by atoms with Crippen molar-refractivity contribution in [2.75, 3.05) is 7.05 Å². The average Bonchev–Trinajstić information content (AvgIpc) is 3.18. The van der Waals surface area contributed by atoms with Gasteiger partial charge in [-0.3, -0.25) is 4.79 Å². The first-order chi connectivity index (χ1) is 11.1. The van der Waals surface area contributed by atoms with Crippen molar-refractivity contribution in [2.45, 2.75) is 20.0 Å². The third-order valence-corrected chi connectivity index (χ3v) is 4.54. The highest BCUT2D eigenvalue weighted by Crippen LogP contribution is 2.17. The number of tetrazole rings is 1. The van der Waals surface area contributed by atoms with Crippen molar-refractivity contribution in [3.63, 3.8) is 0 Å².